The molecule has 0 fully saturated rings. The van der Waals surface area contributed by atoms with E-state index in [9.17, 15) is 26.4 Å². The molecule has 1 amide bonds. The fourth-order valence-electron chi connectivity index (χ4n) is 2.63. The molecule has 0 aliphatic heterocycles. The molecule has 0 aliphatic rings. The van der Waals surface area contributed by atoms with E-state index in [1.54, 1.807) is 6.07 Å². The van der Waals surface area contributed by atoms with Crippen LogP contribution in [0.1, 0.15) is 12.5 Å². The predicted octanol–water partition coefficient (Wildman–Crippen LogP) is 5.16. The Morgan fingerprint density at radius 2 is 1.88 bits per heavy atom. The van der Waals surface area contributed by atoms with Gasteiger partial charge in [-0.2, -0.15) is 13.2 Å². The van der Waals surface area contributed by atoms with Gasteiger partial charge in [0.05, 0.1) is 21.2 Å². The summed E-state index contributed by atoms with van der Waals surface area (Å²) in [5, 5.41) is 9.98. The van der Waals surface area contributed by atoms with Gasteiger partial charge in [0.1, 0.15) is 6.54 Å². The van der Waals surface area contributed by atoms with Gasteiger partial charge in [0.25, 0.3) is 10.0 Å². The first-order valence-corrected chi connectivity index (χ1v) is 12.8. The number of hydrogen-bond donors (Lipinski definition) is 1. The molecule has 3 rings (SSSR count). The summed E-state index contributed by atoms with van der Waals surface area (Å²) >= 11 is 8.58. The lowest BCUT2D eigenvalue weighted by atomic mass is 10.2. The van der Waals surface area contributed by atoms with Gasteiger partial charge in [0, 0.05) is 0 Å². The Labute approximate surface area is 201 Å². The average Bonchev–Trinajstić information content (AvgIpc) is 3.19. The van der Waals surface area contributed by atoms with Crippen molar-refractivity contribution in [3.8, 4) is 0 Å². The molecule has 0 aliphatic carbocycles. The largest absolute Gasteiger partial charge is 0.416 e. The number of sulfonamides is 1. The summed E-state index contributed by atoms with van der Waals surface area (Å²) < 4.78 is 67.6. The highest BCUT2D eigenvalue weighted by atomic mass is 35.5. The first-order chi connectivity index (χ1) is 15.5. The smallest absolute Gasteiger partial charge is 0.299 e. The van der Waals surface area contributed by atoms with E-state index in [1.165, 1.54) is 36.0 Å². The van der Waals surface area contributed by atoms with Crippen molar-refractivity contribution in [2.75, 3.05) is 21.9 Å². The number of rotatable bonds is 8. The Kier molecular flexibility index (Phi) is 7.88. The lowest BCUT2D eigenvalue weighted by molar-refractivity contribution is -0.137. The van der Waals surface area contributed by atoms with Gasteiger partial charge in [-0.25, -0.2) is 8.42 Å². The number of nitrogens with one attached hydrogen (secondary N) is 1. The van der Waals surface area contributed by atoms with E-state index in [-0.39, 0.29) is 15.0 Å². The molecule has 0 spiro atoms. The van der Waals surface area contributed by atoms with E-state index < -0.39 is 39.9 Å². The fraction of sp³-hybridized carbons (Fsp3) is 0.211. The normalized spacial score (nSPS) is 11.9. The SMILES string of the molecule is CCSc1nnc(NC(=O)CN(c2cc(C(F)(F)F)ccc2Cl)S(=O)(=O)c2ccccc2)s1. The van der Waals surface area contributed by atoms with E-state index in [1.807, 2.05) is 6.92 Å². The molecular formula is C19H16ClF3N4O3S3. The molecule has 1 aromatic heterocycles. The highest BCUT2D eigenvalue weighted by molar-refractivity contribution is 8.01. The maximum atomic E-state index is 13.3. The van der Waals surface area contributed by atoms with E-state index in [0.29, 0.717) is 14.7 Å². The van der Waals surface area contributed by atoms with Gasteiger partial charge in [0.15, 0.2) is 4.34 Å². The third-order valence-electron chi connectivity index (χ3n) is 4.08. The van der Waals surface area contributed by atoms with Crippen molar-refractivity contribution in [3.63, 3.8) is 0 Å². The standard InChI is InChI=1S/C19H16ClF3N4O3S3/c1-2-31-18-26-25-17(32-18)24-16(28)11-27(33(29,30)13-6-4-3-5-7-13)15-10-12(19(21,22)23)8-9-14(15)20/h3-10H,2,11H2,1H3,(H,24,25,28). The summed E-state index contributed by atoms with van der Waals surface area (Å²) in [4.78, 5) is 12.5. The second-order valence-electron chi connectivity index (χ2n) is 6.34. The van der Waals surface area contributed by atoms with Crippen molar-refractivity contribution < 1.29 is 26.4 Å². The maximum Gasteiger partial charge on any atom is 0.416 e. The molecule has 7 nitrogen and oxygen atoms in total. The fourth-order valence-corrected chi connectivity index (χ4v) is 6.02. The van der Waals surface area contributed by atoms with Crippen LogP contribution >= 0.6 is 34.7 Å². The van der Waals surface area contributed by atoms with E-state index in [4.69, 9.17) is 11.6 Å². The molecule has 176 valence electrons. The zero-order chi connectivity index (χ0) is 24.2. The number of benzene rings is 2. The van der Waals surface area contributed by atoms with Crippen molar-refractivity contribution >= 4 is 61.4 Å². The number of carbonyl (C=O) groups is 1. The van der Waals surface area contributed by atoms with E-state index >= 15 is 0 Å². The Morgan fingerprint density at radius 3 is 2.52 bits per heavy atom. The topological polar surface area (TPSA) is 92.3 Å². The lowest BCUT2D eigenvalue weighted by Gasteiger charge is -2.25. The van der Waals surface area contributed by atoms with Crippen LogP contribution in [-0.4, -0.2) is 36.8 Å². The Hall–Kier alpha value is -2.35. The van der Waals surface area contributed by atoms with Gasteiger partial charge in [-0.1, -0.05) is 59.8 Å². The summed E-state index contributed by atoms with van der Waals surface area (Å²) in [5.74, 6) is -0.0908. The summed E-state index contributed by atoms with van der Waals surface area (Å²) in [5.41, 5.74) is -1.59. The Morgan fingerprint density at radius 1 is 1.18 bits per heavy atom. The van der Waals surface area contributed by atoms with E-state index in [2.05, 4.69) is 15.5 Å². The molecule has 3 aromatic rings. The molecular weight excluding hydrogens is 521 g/mol. The number of anilines is 2. The minimum atomic E-state index is -4.75. The third kappa shape index (κ3) is 6.16. The van der Waals surface area contributed by atoms with Gasteiger partial charge >= 0.3 is 6.18 Å². The van der Waals surface area contributed by atoms with Gasteiger partial charge in [-0.05, 0) is 36.1 Å². The number of halogens is 4. The van der Waals surface area contributed by atoms with Crippen molar-refractivity contribution in [3.05, 3.63) is 59.1 Å². The summed E-state index contributed by atoms with van der Waals surface area (Å²) in [6.45, 7) is 1.07. The van der Waals surface area contributed by atoms with Crippen molar-refractivity contribution in [1.29, 1.82) is 0 Å². The molecule has 33 heavy (non-hydrogen) atoms. The zero-order valence-corrected chi connectivity index (χ0v) is 20.0. The molecule has 1 N–H and O–H groups in total. The van der Waals surface area contributed by atoms with Crippen LogP contribution < -0.4 is 9.62 Å². The molecule has 1 heterocycles. The molecule has 0 radical (unpaired) electrons. The van der Waals surface area contributed by atoms with Crippen LogP contribution in [0.15, 0.2) is 57.8 Å². The molecule has 0 saturated carbocycles. The van der Waals surface area contributed by atoms with E-state index in [0.717, 1.165) is 29.2 Å². The van der Waals surface area contributed by atoms with Crippen LogP contribution in [0.4, 0.5) is 24.0 Å². The van der Waals surface area contributed by atoms with Crippen molar-refractivity contribution in [2.24, 2.45) is 0 Å². The number of alkyl halides is 3. The van der Waals surface area contributed by atoms with Crippen LogP contribution in [0, 0.1) is 0 Å². The van der Waals surface area contributed by atoms with Gasteiger partial charge in [0.2, 0.25) is 11.0 Å². The summed E-state index contributed by atoms with van der Waals surface area (Å²) in [7, 11) is -4.45. The minimum absolute atomic E-state index is 0.128. The Bertz CT molecular complexity index is 1240. The monoisotopic (exact) mass is 536 g/mol. The van der Waals surface area contributed by atoms with Crippen LogP contribution in [0.25, 0.3) is 0 Å². The zero-order valence-electron chi connectivity index (χ0n) is 16.8. The molecule has 0 bridgehead atoms. The second kappa shape index (κ2) is 10.3. The predicted molar refractivity (Wildman–Crippen MR) is 122 cm³/mol. The number of hydrogen-bond acceptors (Lipinski definition) is 7. The molecule has 0 saturated heterocycles. The number of amides is 1. The summed E-state index contributed by atoms with van der Waals surface area (Å²) in [6.07, 6.45) is -4.75. The first kappa shape index (κ1) is 25.3. The highest BCUT2D eigenvalue weighted by Crippen LogP contribution is 2.37. The third-order valence-corrected chi connectivity index (χ3v) is 8.03. The number of aromatic nitrogens is 2. The average molecular weight is 537 g/mol. The lowest BCUT2D eigenvalue weighted by Crippen LogP contribution is -2.38. The molecule has 14 heteroatoms. The second-order valence-corrected chi connectivity index (χ2v) is 11.1. The maximum absolute atomic E-state index is 13.3. The van der Waals surface area contributed by atoms with Crippen molar-refractivity contribution in [1.82, 2.24) is 10.2 Å². The van der Waals surface area contributed by atoms with Crippen LogP contribution in [0.5, 0.6) is 0 Å². The van der Waals surface area contributed by atoms with Crippen LogP contribution in [0.3, 0.4) is 0 Å². The molecule has 0 atom stereocenters. The summed E-state index contributed by atoms with van der Waals surface area (Å²) in [6, 6.07) is 9.27. The Balaban J connectivity index is 2.00. The highest BCUT2D eigenvalue weighted by Gasteiger charge is 2.34. The number of nitrogens with zero attached hydrogens (tertiary/aromatic N) is 3. The van der Waals surface area contributed by atoms with Crippen LogP contribution in [-0.2, 0) is 21.0 Å². The minimum Gasteiger partial charge on any atom is -0.299 e. The van der Waals surface area contributed by atoms with Crippen molar-refractivity contribution in [2.45, 2.75) is 22.3 Å². The first-order valence-electron chi connectivity index (χ1n) is 9.23. The molecule has 2 aromatic carbocycles. The van der Waals surface area contributed by atoms with Gasteiger partial charge in [-0.15, -0.1) is 10.2 Å². The van der Waals surface area contributed by atoms with Gasteiger partial charge in [-0.3, -0.25) is 14.4 Å². The molecule has 0 unspecified atom stereocenters. The number of thioether (sulfide) groups is 1. The van der Waals surface area contributed by atoms with Gasteiger partial charge < -0.3 is 0 Å². The quantitative estimate of drug-likeness (QED) is 0.316. The number of carbonyl (C=O) groups excluding carboxylic acids is 1. The van der Waals surface area contributed by atoms with Crippen LogP contribution in [0.2, 0.25) is 5.02 Å².